The first-order valence-electron chi connectivity index (χ1n) is 16.2. The van der Waals surface area contributed by atoms with E-state index in [-0.39, 0.29) is 39.7 Å². The number of carbonyl (C=O) groups excluding carboxylic acids is 7. The van der Waals surface area contributed by atoms with E-state index in [9.17, 15) is 33.6 Å². The summed E-state index contributed by atoms with van der Waals surface area (Å²) in [5, 5.41) is 0. The molecular formula is C36H38O15. The fraction of sp³-hybridized carbons (Fsp3) is 0.472. The maximum atomic E-state index is 14.7. The van der Waals surface area contributed by atoms with Crippen molar-refractivity contribution in [2.45, 2.75) is 91.2 Å². The zero-order valence-corrected chi connectivity index (χ0v) is 29.1. The Labute approximate surface area is 292 Å². The molecule has 51 heavy (non-hydrogen) atoms. The van der Waals surface area contributed by atoms with Gasteiger partial charge in [-0.2, -0.15) is 0 Å². The Kier molecular flexibility index (Phi) is 10.8. The molecule has 0 bridgehead atoms. The number of benzene rings is 2. The van der Waals surface area contributed by atoms with Crippen LogP contribution in [0.3, 0.4) is 0 Å². The fourth-order valence-corrected chi connectivity index (χ4v) is 6.84. The van der Waals surface area contributed by atoms with Crippen molar-refractivity contribution in [1.29, 1.82) is 0 Å². The molecule has 2 aromatic rings. The lowest BCUT2D eigenvalue weighted by Crippen LogP contribution is -2.63. The van der Waals surface area contributed by atoms with Gasteiger partial charge >= 0.3 is 29.8 Å². The van der Waals surface area contributed by atoms with Crippen molar-refractivity contribution < 1.29 is 71.5 Å². The summed E-state index contributed by atoms with van der Waals surface area (Å²) < 4.78 is 45.1. The number of ether oxygens (including phenoxy) is 8. The van der Waals surface area contributed by atoms with Crippen LogP contribution in [0.5, 0.6) is 11.5 Å². The van der Waals surface area contributed by atoms with E-state index in [0.29, 0.717) is 18.4 Å². The Hall–Kier alpha value is -5.31. The van der Waals surface area contributed by atoms with Crippen molar-refractivity contribution >= 4 is 41.4 Å². The molecule has 0 spiro atoms. The second-order valence-corrected chi connectivity index (χ2v) is 12.6. The lowest BCUT2D eigenvalue weighted by atomic mass is 9.74. The predicted octanol–water partition coefficient (Wildman–Crippen LogP) is 3.12. The number of esters is 5. The first-order chi connectivity index (χ1) is 24.1. The number of hydrogen-bond acceptors (Lipinski definition) is 15. The Balaban J connectivity index is 1.66. The molecule has 0 saturated carbocycles. The number of fused-ring (bicyclic) bond motifs is 4. The van der Waals surface area contributed by atoms with E-state index in [2.05, 4.69) is 0 Å². The highest BCUT2D eigenvalue weighted by atomic mass is 16.7. The maximum absolute atomic E-state index is 14.7. The van der Waals surface area contributed by atoms with Gasteiger partial charge in [-0.05, 0) is 42.5 Å². The minimum Gasteiger partial charge on any atom is -0.496 e. The molecule has 7 atom stereocenters. The van der Waals surface area contributed by atoms with Crippen LogP contribution in [0.25, 0.3) is 0 Å². The number of ketones is 2. The molecule has 272 valence electrons. The summed E-state index contributed by atoms with van der Waals surface area (Å²) in [6.45, 7) is 7.13. The minimum atomic E-state index is -1.69. The van der Waals surface area contributed by atoms with E-state index in [4.69, 9.17) is 37.9 Å². The summed E-state index contributed by atoms with van der Waals surface area (Å²) in [4.78, 5) is 89.7. The van der Waals surface area contributed by atoms with Gasteiger partial charge in [-0.3, -0.25) is 33.6 Å². The van der Waals surface area contributed by atoms with Crippen LogP contribution in [0.2, 0.25) is 0 Å². The maximum Gasteiger partial charge on any atom is 0.303 e. The molecule has 0 aromatic heterocycles. The average molecular weight is 711 g/mol. The summed E-state index contributed by atoms with van der Waals surface area (Å²) in [5.74, 6) is -5.01. The van der Waals surface area contributed by atoms with E-state index in [1.807, 2.05) is 6.92 Å². The lowest BCUT2D eigenvalue weighted by molar-refractivity contribution is -0.288. The van der Waals surface area contributed by atoms with Gasteiger partial charge in [0.2, 0.25) is 12.4 Å². The van der Waals surface area contributed by atoms with Gasteiger partial charge in [0.25, 0.3) is 0 Å². The van der Waals surface area contributed by atoms with Gasteiger partial charge < -0.3 is 37.9 Å². The predicted molar refractivity (Wildman–Crippen MR) is 171 cm³/mol. The quantitative estimate of drug-likeness (QED) is 0.232. The van der Waals surface area contributed by atoms with E-state index >= 15 is 0 Å². The second-order valence-electron chi connectivity index (χ2n) is 12.6. The molecule has 0 unspecified atom stereocenters. The molecule has 0 N–H and O–H groups in total. The van der Waals surface area contributed by atoms with Gasteiger partial charge in [0, 0.05) is 51.3 Å². The summed E-state index contributed by atoms with van der Waals surface area (Å²) >= 11 is 0. The van der Waals surface area contributed by atoms with Gasteiger partial charge in [-0.1, -0.05) is 13.0 Å². The van der Waals surface area contributed by atoms with Gasteiger partial charge in [0.1, 0.15) is 30.3 Å². The molecule has 0 amide bonds. The second kappa shape index (κ2) is 14.9. The monoisotopic (exact) mass is 710 g/mol. The van der Waals surface area contributed by atoms with E-state index in [0.717, 1.165) is 33.3 Å². The van der Waals surface area contributed by atoms with Crippen LogP contribution < -0.4 is 9.47 Å². The number of carbonyl (C=O) groups is 7. The number of methoxy groups -OCH3 is 1. The van der Waals surface area contributed by atoms with Crippen LogP contribution >= 0.6 is 0 Å². The SMILES string of the molecule is COc1ccc(O[C@@H]2O[C@H](COC(C)=O)[C@@H](OC(C)=O)[C@H](OC(C)=O)[C@H]2OC(C)=O)c2c1C(=O)c1ccc3c(c1C2=O)[C@@H](OC(C)=O)C[C@@H](C)C3. The van der Waals surface area contributed by atoms with Crippen molar-refractivity contribution in [3.05, 3.63) is 57.6 Å². The van der Waals surface area contributed by atoms with Crippen LogP contribution in [0.15, 0.2) is 24.3 Å². The van der Waals surface area contributed by atoms with Crippen LogP contribution in [0, 0.1) is 5.92 Å². The molecule has 1 aliphatic heterocycles. The van der Waals surface area contributed by atoms with Crippen molar-refractivity contribution in [2.75, 3.05) is 13.7 Å². The van der Waals surface area contributed by atoms with E-state index in [1.54, 1.807) is 12.1 Å². The Bertz CT molecular complexity index is 1790. The number of hydrogen-bond donors (Lipinski definition) is 0. The molecule has 2 aliphatic carbocycles. The van der Waals surface area contributed by atoms with Gasteiger partial charge in [-0.25, -0.2) is 0 Å². The lowest BCUT2D eigenvalue weighted by Gasteiger charge is -2.44. The Morgan fingerprint density at radius 2 is 1.29 bits per heavy atom. The average Bonchev–Trinajstić information content (AvgIpc) is 3.03. The molecule has 2 aromatic carbocycles. The molecule has 3 aliphatic rings. The molecule has 15 nitrogen and oxygen atoms in total. The summed E-state index contributed by atoms with van der Waals surface area (Å²) in [7, 11) is 1.33. The number of rotatable bonds is 9. The fourth-order valence-electron chi connectivity index (χ4n) is 6.84. The minimum absolute atomic E-state index is 0.0443. The summed E-state index contributed by atoms with van der Waals surface area (Å²) in [6, 6.07) is 6.06. The summed E-state index contributed by atoms with van der Waals surface area (Å²) in [5.41, 5.74) is 0.960. The normalized spacial score (nSPS) is 24.9. The standard InChI is InChI=1S/C36H38O15/c1-15-12-21-8-9-22-28(27(21)25(13-15)46-17(3)38)32(43)30-24(11-10-23(44-7)29(30)31(22)42)50-36-35(49-20(6)41)34(48-19(5)40)33(47-18(4)39)26(51-36)14-45-16(2)37/h8-11,15,25-26,33-36H,12-14H2,1-7H3/t15-,25-,26+,33+,34-,35+,36+/m0/s1. The third-order valence-corrected chi connectivity index (χ3v) is 8.62. The van der Waals surface area contributed by atoms with E-state index < -0.39 is 84.8 Å². The highest BCUT2D eigenvalue weighted by Gasteiger charge is 2.54. The zero-order chi connectivity index (χ0) is 37.3. The van der Waals surface area contributed by atoms with Gasteiger partial charge in [0.05, 0.1) is 18.2 Å². The highest BCUT2D eigenvalue weighted by Crippen LogP contribution is 2.46. The van der Waals surface area contributed by atoms with Crippen molar-refractivity contribution in [3.63, 3.8) is 0 Å². The molecule has 5 rings (SSSR count). The van der Waals surface area contributed by atoms with Crippen LogP contribution in [0.4, 0.5) is 0 Å². The van der Waals surface area contributed by atoms with Gasteiger partial charge in [-0.15, -0.1) is 0 Å². The highest BCUT2D eigenvalue weighted by molar-refractivity contribution is 6.31. The van der Waals surface area contributed by atoms with Crippen molar-refractivity contribution in [2.24, 2.45) is 5.92 Å². The Morgan fingerprint density at radius 3 is 1.90 bits per heavy atom. The molecule has 1 saturated heterocycles. The third-order valence-electron chi connectivity index (χ3n) is 8.62. The molecule has 1 heterocycles. The van der Waals surface area contributed by atoms with Crippen molar-refractivity contribution in [3.8, 4) is 11.5 Å². The topological polar surface area (TPSA) is 193 Å². The first-order valence-corrected chi connectivity index (χ1v) is 16.2. The zero-order valence-electron chi connectivity index (χ0n) is 29.1. The van der Waals surface area contributed by atoms with Crippen LogP contribution in [0.1, 0.15) is 97.0 Å². The molecule has 0 radical (unpaired) electrons. The van der Waals surface area contributed by atoms with Crippen LogP contribution in [-0.4, -0.2) is 85.8 Å². The smallest absolute Gasteiger partial charge is 0.303 e. The largest absolute Gasteiger partial charge is 0.496 e. The van der Waals surface area contributed by atoms with Crippen molar-refractivity contribution in [1.82, 2.24) is 0 Å². The molecule has 15 heteroatoms. The molecule has 1 fully saturated rings. The third kappa shape index (κ3) is 7.58. The van der Waals surface area contributed by atoms with E-state index in [1.165, 1.54) is 26.2 Å². The Morgan fingerprint density at radius 1 is 0.706 bits per heavy atom. The van der Waals surface area contributed by atoms with Gasteiger partial charge in [0.15, 0.2) is 23.8 Å². The van der Waals surface area contributed by atoms with Crippen LogP contribution in [-0.2, 0) is 58.8 Å². The first kappa shape index (κ1) is 37.0. The molecular weight excluding hydrogens is 672 g/mol. The summed E-state index contributed by atoms with van der Waals surface area (Å²) in [6.07, 6.45) is -7.42.